The summed E-state index contributed by atoms with van der Waals surface area (Å²) in [6.45, 7) is 3.11. The first-order valence-corrected chi connectivity index (χ1v) is 11.6. The third kappa shape index (κ3) is 5.81. The van der Waals surface area contributed by atoms with Crippen molar-refractivity contribution >= 4 is 21.6 Å². The van der Waals surface area contributed by atoms with E-state index in [4.69, 9.17) is 5.41 Å². The monoisotopic (exact) mass is 475 g/mol. The Kier molecular flexibility index (Phi) is 6.83. The maximum atomic E-state index is 12.5. The number of unbranched alkanes of at least 4 members (excludes halogenated alkanes) is 2. The quantitative estimate of drug-likeness (QED) is 0.312. The average molecular weight is 476 g/mol. The molecule has 0 saturated heterocycles. The van der Waals surface area contributed by atoms with Crippen molar-refractivity contribution in [3.8, 4) is 17.0 Å². The number of nitrogens with one attached hydrogen (secondary N) is 1. The van der Waals surface area contributed by atoms with Crippen molar-refractivity contribution in [2.24, 2.45) is 0 Å². The Labute approximate surface area is 192 Å². The molecule has 0 aliphatic carbocycles. The second kappa shape index (κ2) is 9.78. The first-order chi connectivity index (χ1) is 15.8. The highest BCUT2D eigenvalue weighted by atomic mass is 32.1. The second-order valence-electron chi connectivity index (χ2n) is 7.76. The molecule has 0 bridgehead atoms. The molecule has 0 radical (unpaired) electrons. The molecule has 0 fully saturated rings. The number of thiazole rings is 1. The maximum absolute atomic E-state index is 12.5. The van der Waals surface area contributed by atoms with Gasteiger partial charge in [0.1, 0.15) is 11.4 Å². The fourth-order valence-corrected chi connectivity index (χ4v) is 4.62. The van der Waals surface area contributed by atoms with Crippen LogP contribution in [0.5, 0.6) is 5.75 Å². The zero-order valence-corrected chi connectivity index (χ0v) is 18.9. The molecule has 0 spiro atoms. The molecule has 2 heterocycles. The largest absolute Gasteiger partial charge is 0.573 e. The van der Waals surface area contributed by atoms with Crippen LogP contribution in [0.4, 0.5) is 13.2 Å². The molecule has 174 valence electrons. The Bertz CT molecular complexity index is 1270. The summed E-state index contributed by atoms with van der Waals surface area (Å²) in [4.78, 5) is 0.244. The van der Waals surface area contributed by atoms with Crippen molar-refractivity contribution in [3.63, 3.8) is 0 Å². The molecule has 0 saturated carbocycles. The van der Waals surface area contributed by atoms with E-state index in [-0.39, 0.29) is 10.6 Å². The van der Waals surface area contributed by atoms with Crippen molar-refractivity contribution in [2.45, 2.75) is 52.1 Å². The Morgan fingerprint density at radius 3 is 2.58 bits per heavy atom. The first-order valence-electron chi connectivity index (χ1n) is 10.8. The Balaban J connectivity index is 1.43. The van der Waals surface area contributed by atoms with E-state index in [0.717, 1.165) is 29.0 Å². The van der Waals surface area contributed by atoms with Gasteiger partial charge in [-0.15, -0.1) is 18.3 Å². The van der Waals surface area contributed by atoms with Crippen molar-refractivity contribution in [1.29, 1.82) is 5.41 Å². The van der Waals surface area contributed by atoms with Gasteiger partial charge in [0.15, 0.2) is 4.80 Å². The van der Waals surface area contributed by atoms with Crippen LogP contribution in [0.15, 0.2) is 48.7 Å². The van der Waals surface area contributed by atoms with Crippen LogP contribution in [-0.4, -0.2) is 25.9 Å². The lowest BCUT2D eigenvalue weighted by Crippen LogP contribution is -2.17. The van der Waals surface area contributed by atoms with Crippen molar-refractivity contribution < 1.29 is 17.9 Å². The number of fused-ring (bicyclic) bond motifs is 1. The minimum absolute atomic E-state index is 0.244. The number of benzene rings is 2. The lowest BCUT2D eigenvalue weighted by molar-refractivity contribution is -0.274. The topological polar surface area (TPSA) is 68.7 Å². The van der Waals surface area contributed by atoms with Gasteiger partial charge in [0.25, 0.3) is 0 Å². The third-order valence-electron chi connectivity index (χ3n) is 5.32. The summed E-state index contributed by atoms with van der Waals surface area (Å²) in [5.74, 6) is -0.291. The average Bonchev–Trinajstić information content (AvgIpc) is 3.35. The van der Waals surface area contributed by atoms with Gasteiger partial charge in [0.05, 0.1) is 23.0 Å². The normalized spacial score (nSPS) is 11.9. The van der Waals surface area contributed by atoms with Gasteiger partial charge >= 0.3 is 6.36 Å². The second-order valence-corrected chi connectivity index (χ2v) is 8.79. The summed E-state index contributed by atoms with van der Waals surface area (Å²) in [5, 5.41) is 16.7. The van der Waals surface area contributed by atoms with Crippen LogP contribution in [0.25, 0.3) is 21.5 Å². The van der Waals surface area contributed by atoms with Crippen molar-refractivity contribution in [2.75, 3.05) is 0 Å². The zero-order valence-electron chi connectivity index (χ0n) is 18.1. The van der Waals surface area contributed by atoms with Crippen LogP contribution in [0, 0.1) is 5.41 Å². The summed E-state index contributed by atoms with van der Waals surface area (Å²) < 4.78 is 45.4. The SMILES string of the molecule is CCCCCc1ccc(-c2cn(CCn3c(=N)sc4cc(OC(F)(F)F)ccc43)nn2)cc1. The van der Waals surface area contributed by atoms with E-state index >= 15 is 0 Å². The van der Waals surface area contributed by atoms with Crippen molar-refractivity contribution in [1.82, 2.24) is 19.6 Å². The van der Waals surface area contributed by atoms with Gasteiger partial charge in [0.2, 0.25) is 0 Å². The Morgan fingerprint density at radius 2 is 1.85 bits per heavy atom. The van der Waals surface area contributed by atoms with E-state index in [1.807, 2.05) is 6.20 Å². The van der Waals surface area contributed by atoms with E-state index in [0.29, 0.717) is 23.3 Å². The van der Waals surface area contributed by atoms with Gasteiger partial charge in [-0.25, -0.2) is 0 Å². The van der Waals surface area contributed by atoms with Crippen LogP contribution in [0.2, 0.25) is 0 Å². The smallest absolute Gasteiger partial charge is 0.406 e. The minimum Gasteiger partial charge on any atom is -0.406 e. The predicted octanol–water partition coefficient (Wildman–Crippen LogP) is 5.77. The lowest BCUT2D eigenvalue weighted by atomic mass is 10.0. The summed E-state index contributed by atoms with van der Waals surface area (Å²) in [6, 6.07) is 12.5. The third-order valence-corrected chi connectivity index (χ3v) is 6.28. The van der Waals surface area contributed by atoms with Crippen LogP contribution in [0.3, 0.4) is 0 Å². The van der Waals surface area contributed by atoms with Crippen LogP contribution < -0.4 is 9.54 Å². The van der Waals surface area contributed by atoms with Crippen molar-refractivity contribution in [3.05, 3.63) is 59.0 Å². The lowest BCUT2D eigenvalue weighted by Gasteiger charge is -2.09. The van der Waals surface area contributed by atoms with Gasteiger partial charge < -0.3 is 9.30 Å². The van der Waals surface area contributed by atoms with Gasteiger partial charge in [-0.05, 0) is 36.6 Å². The molecular weight excluding hydrogens is 451 g/mol. The summed E-state index contributed by atoms with van der Waals surface area (Å²) in [7, 11) is 0. The van der Waals surface area contributed by atoms with E-state index in [1.54, 1.807) is 15.3 Å². The molecule has 4 rings (SSSR count). The van der Waals surface area contributed by atoms with Crippen LogP contribution in [0.1, 0.15) is 31.7 Å². The number of rotatable bonds is 9. The van der Waals surface area contributed by atoms with E-state index in [2.05, 4.69) is 46.2 Å². The van der Waals surface area contributed by atoms with E-state index in [9.17, 15) is 13.2 Å². The van der Waals surface area contributed by atoms with E-state index in [1.165, 1.54) is 37.0 Å². The molecule has 1 N–H and O–H groups in total. The summed E-state index contributed by atoms with van der Waals surface area (Å²) >= 11 is 1.10. The maximum Gasteiger partial charge on any atom is 0.573 e. The summed E-state index contributed by atoms with van der Waals surface area (Å²) in [5.41, 5.74) is 3.76. The minimum atomic E-state index is -4.75. The Morgan fingerprint density at radius 1 is 1.06 bits per heavy atom. The highest BCUT2D eigenvalue weighted by Crippen LogP contribution is 2.28. The Hall–Kier alpha value is -3.14. The molecular formula is C23H24F3N5OS. The molecule has 4 aromatic rings. The predicted molar refractivity (Wildman–Crippen MR) is 121 cm³/mol. The molecule has 0 aliphatic rings. The molecule has 0 atom stereocenters. The number of ether oxygens (including phenoxy) is 1. The van der Waals surface area contributed by atoms with Gasteiger partial charge in [-0.3, -0.25) is 10.1 Å². The van der Waals surface area contributed by atoms with Crippen LogP contribution in [-0.2, 0) is 19.5 Å². The molecule has 2 aromatic carbocycles. The molecule has 6 nitrogen and oxygen atoms in total. The van der Waals surface area contributed by atoms with Crippen LogP contribution >= 0.6 is 11.3 Å². The molecule has 2 aromatic heterocycles. The van der Waals surface area contributed by atoms with Gasteiger partial charge in [-0.2, -0.15) is 0 Å². The standard InChI is InChI=1S/C23H24F3N5OS/c1-2-3-4-5-16-6-8-17(9-7-16)19-15-30(29-28-19)12-13-31-20-11-10-18(32-23(24,25)26)14-21(20)33-22(31)27/h6-11,14-15,27H,2-5,12-13H2,1H3. The number of halogens is 3. The number of hydrogen-bond donors (Lipinski definition) is 1. The van der Waals surface area contributed by atoms with Gasteiger partial charge in [0, 0.05) is 12.1 Å². The highest BCUT2D eigenvalue weighted by molar-refractivity contribution is 7.16. The molecule has 0 unspecified atom stereocenters. The van der Waals surface area contributed by atoms with E-state index < -0.39 is 6.36 Å². The van der Waals surface area contributed by atoms with Gasteiger partial charge in [-0.1, -0.05) is 60.6 Å². The zero-order chi connectivity index (χ0) is 23.4. The highest BCUT2D eigenvalue weighted by Gasteiger charge is 2.31. The fraction of sp³-hybridized carbons (Fsp3) is 0.348. The first kappa shape index (κ1) is 23.0. The number of hydrogen-bond acceptors (Lipinski definition) is 5. The molecule has 0 amide bonds. The fourth-order valence-electron chi connectivity index (χ4n) is 3.65. The number of nitrogens with zero attached hydrogens (tertiary/aromatic N) is 4. The summed E-state index contributed by atoms with van der Waals surface area (Å²) in [6.07, 6.45) is 1.82. The molecule has 33 heavy (non-hydrogen) atoms. The molecule has 0 aliphatic heterocycles. The number of aryl methyl sites for hydroxylation is 3. The molecule has 10 heteroatoms. The number of alkyl halides is 3. The number of aromatic nitrogens is 4.